The molecule has 0 aliphatic carbocycles. The summed E-state index contributed by atoms with van der Waals surface area (Å²) < 4.78 is 45.7. The second kappa shape index (κ2) is 9.89. The molecule has 162 valence electrons. The van der Waals surface area contributed by atoms with Crippen LogP contribution in [-0.2, 0) is 20.6 Å². The summed E-state index contributed by atoms with van der Waals surface area (Å²) in [5.41, 5.74) is 0.865. The van der Waals surface area contributed by atoms with Gasteiger partial charge in [-0.3, -0.25) is 9.10 Å². The molecular formula is C20H22ClFN2O4S2. The zero-order valence-corrected chi connectivity index (χ0v) is 18.7. The van der Waals surface area contributed by atoms with E-state index in [2.05, 4.69) is 5.32 Å². The molecule has 0 fully saturated rings. The molecule has 0 bridgehead atoms. The van der Waals surface area contributed by atoms with Crippen LogP contribution in [0.3, 0.4) is 0 Å². The summed E-state index contributed by atoms with van der Waals surface area (Å²) in [6, 6.07) is 11.3. The Labute approximate surface area is 184 Å². The number of rotatable bonds is 8. The minimum absolute atomic E-state index is 0.0785. The number of nitrogens with one attached hydrogen (secondary N) is 1. The highest BCUT2D eigenvalue weighted by molar-refractivity contribution is 7.98. The van der Waals surface area contributed by atoms with Gasteiger partial charge in [0.2, 0.25) is 10.0 Å². The van der Waals surface area contributed by atoms with E-state index in [1.807, 2.05) is 0 Å². The van der Waals surface area contributed by atoms with Crippen LogP contribution in [0.1, 0.15) is 12.5 Å². The molecule has 3 rings (SSSR count). The van der Waals surface area contributed by atoms with Crippen LogP contribution in [0.25, 0.3) is 0 Å². The number of halogens is 2. The molecule has 2 aromatic carbocycles. The maximum Gasteiger partial charge on any atom is 0.263 e. The van der Waals surface area contributed by atoms with E-state index in [4.69, 9.17) is 16.3 Å². The van der Waals surface area contributed by atoms with Crippen LogP contribution >= 0.6 is 23.4 Å². The first-order valence-electron chi connectivity index (χ1n) is 9.38. The van der Waals surface area contributed by atoms with E-state index in [9.17, 15) is 17.6 Å². The Morgan fingerprint density at radius 2 is 2.07 bits per heavy atom. The second-order valence-electron chi connectivity index (χ2n) is 6.55. The van der Waals surface area contributed by atoms with Crippen LogP contribution in [0.4, 0.5) is 10.1 Å². The summed E-state index contributed by atoms with van der Waals surface area (Å²) in [6.45, 7) is 1.80. The van der Waals surface area contributed by atoms with Crippen molar-refractivity contribution in [1.29, 1.82) is 0 Å². The second-order valence-corrected chi connectivity index (χ2v) is 10.2. The van der Waals surface area contributed by atoms with Crippen LogP contribution in [0.15, 0.2) is 42.5 Å². The van der Waals surface area contributed by atoms with Crippen LogP contribution in [-0.4, -0.2) is 45.0 Å². The predicted octanol–water partition coefficient (Wildman–Crippen LogP) is 3.45. The number of hydrogen-bond acceptors (Lipinski definition) is 5. The van der Waals surface area contributed by atoms with E-state index in [1.165, 1.54) is 22.1 Å². The smallest absolute Gasteiger partial charge is 0.263 e. The van der Waals surface area contributed by atoms with Crippen LogP contribution in [0, 0.1) is 5.82 Å². The zero-order chi connectivity index (χ0) is 21.7. The topological polar surface area (TPSA) is 75.7 Å². The Hall–Kier alpha value is -1.97. The van der Waals surface area contributed by atoms with Gasteiger partial charge >= 0.3 is 0 Å². The largest absolute Gasteiger partial charge is 0.476 e. The third-order valence-corrected chi connectivity index (χ3v) is 7.67. The van der Waals surface area contributed by atoms with E-state index in [1.54, 1.807) is 43.3 Å². The molecule has 2 aromatic rings. The molecule has 10 heteroatoms. The average Bonchev–Trinajstić information content (AvgIpc) is 2.74. The SMILES string of the molecule is CCS(=O)(=O)N1CC(C(=O)NCCSCc2c(F)cccc2Cl)Oc2ccccc21. The van der Waals surface area contributed by atoms with Gasteiger partial charge in [0.05, 0.1) is 18.0 Å². The molecule has 1 atom stereocenters. The van der Waals surface area contributed by atoms with Crippen molar-refractivity contribution in [1.82, 2.24) is 5.32 Å². The number of carbonyl (C=O) groups is 1. The fourth-order valence-electron chi connectivity index (χ4n) is 2.96. The normalized spacial score (nSPS) is 16.0. The fraction of sp³-hybridized carbons (Fsp3) is 0.350. The van der Waals surface area contributed by atoms with Gasteiger partial charge in [-0.1, -0.05) is 29.8 Å². The summed E-state index contributed by atoms with van der Waals surface area (Å²) in [5.74, 6) is 0.444. The minimum atomic E-state index is -3.55. The molecule has 0 spiro atoms. The maximum atomic E-state index is 13.8. The lowest BCUT2D eigenvalue weighted by Crippen LogP contribution is -2.51. The van der Waals surface area contributed by atoms with Gasteiger partial charge in [0.1, 0.15) is 11.6 Å². The molecule has 1 amide bonds. The molecule has 30 heavy (non-hydrogen) atoms. The lowest BCUT2D eigenvalue weighted by atomic mass is 10.2. The van der Waals surface area contributed by atoms with Crippen molar-refractivity contribution in [3.05, 3.63) is 58.9 Å². The van der Waals surface area contributed by atoms with Crippen molar-refractivity contribution in [2.75, 3.05) is 28.9 Å². The molecule has 1 N–H and O–H groups in total. The van der Waals surface area contributed by atoms with Crippen LogP contribution in [0.2, 0.25) is 5.02 Å². The minimum Gasteiger partial charge on any atom is -0.476 e. The van der Waals surface area contributed by atoms with Crippen LogP contribution < -0.4 is 14.4 Å². The molecule has 6 nitrogen and oxygen atoms in total. The number of ether oxygens (including phenoxy) is 1. The lowest BCUT2D eigenvalue weighted by molar-refractivity contribution is -0.127. The van der Waals surface area contributed by atoms with E-state index >= 15 is 0 Å². The van der Waals surface area contributed by atoms with Gasteiger partial charge in [-0.15, -0.1) is 0 Å². The number of thioether (sulfide) groups is 1. The number of amides is 1. The highest BCUT2D eigenvalue weighted by Gasteiger charge is 2.35. The van der Waals surface area contributed by atoms with Gasteiger partial charge in [-0.2, -0.15) is 11.8 Å². The molecule has 1 aliphatic heterocycles. The molecule has 1 unspecified atom stereocenters. The fourth-order valence-corrected chi connectivity index (χ4v) is 5.28. The summed E-state index contributed by atoms with van der Waals surface area (Å²) >= 11 is 7.44. The van der Waals surface area contributed by atoms with E-state index in [0.717, 1.165) is 0 Å². The number of para-hydroxylation sites is 2. The quantitative estimate of drug-likeness (QED) is 0.595. The first-order chi connectivity index (χ1) is 14.3. The summed E-state index contributed by atoms with van der Waals surface area (Å²) in [4.78, 5) is 12.6. The third-order valence-electron chi connectivity index (χ3n) is 4.58. The number of anilines is 1. The standard InChI is InChI=1S/C20H22ClFN2O4S2/c1-2-30(26,27)24-12-19(28-18-9-4-3-8-17(18)24)20(25)23-10-11-29-13-14-15(21)6-5-7-16(14)22/h3-9,19H,2,10-13H2,1H3,(H,23,25). The molecule has 0 saturated heterocycles. The van der Waals surface area contributed by atoms with Gasteiger partial charge in [0, 0.05) is 28.6 Å². The Morgan fingerprint density at radius 3 is 2.80 bits per heavy atom. The molecular weight excluding hydrogens is 451 g/mol. The third kappa shape index (κ3) is 5.19. The van der Waals surface area contributed by atoms with Gasteiger partial charge in [-0.05, 0) is 31.2 Å². The molecule has 0 aromatic heterocycles. The Kier molecular flexibility index (Phi) is 7.49. The van der Waals surface area contributed by atoms with Crippen molar-refractivity contribution in [2.24, 2.45) is 0 Å². The van der Waals surface area contributed by atoms with Gasteiger partial charge in [0.15, 0.2) is 6.10 Å². The van der Waals surface area contributed by atoms with E-state index in [-0.39, 0.29) is 18.1 Å². The van der Waals surface area contributed by atoms with Crippen molar-refractivity contribution >= 4 is 45.0 Å². The number of nitrogens with zero attached hydrogens (tertiary/aromatic N) is 1. The number of sulfonamides is 1. The predicted molar refractivity (Wildman–Crippen MR) is 118 cm³/mol. The zero-order valence-electron chi connectivity index (χ0n) is 16.3. The van der Waals surface area contributed by atoms with Crippen molar-refractivity contribution in [2.45, 2.75) is 18.8 Å². The van der Waals surface area contributed by atoms with Crippen molar-refractivity contribution in [3.8, 4) is 5.75 Å². The van der Waals surface area contributed by atoms with E-state index in [0.29, 0.717) is 40.1 Å². The summed E-state index contributed by atoms with van der Waals surface area (Å²) in [6.07, 6.45) is -0.952. The number of benzene rings is 2. The summed E-state index contributed by atoms with van der Waals surface area (Å²) in [5, 5.41) is 3.13. The monoisotopic (exact) mass is 472 g/mol. The molecule has 1 aliphatic rings. The number of fused-ring (bicyclic) bond motifs is 1. The molecule has 0 saturated carbocycles. The Bertz CT molecular complexity index is 999. The molecule has 0 radical (unpaired) electrons. The first kappa shape index (κ1) is 22.7. The summed E-state index contributed by atoms with van der Waals surface area (Å²) in [7, 11) is -3.55. The highest BCUT2D eigenvalue weighted by atomic mass is 35.5. The van der Waals surface area contributed by atoms with Gasteiger partial charge in [-0.25, -0.2) is 12.8 Å². The number of carbonyl (C=O) groups excluding carboxylic acids is 1. The van der Waals surface area contributed by atoms with Gasteiger partial charge < -0.3 is 10.1 Å². The van der Waals surface area contributed by atoms with Crippen LogP contribution in [0.5, 0.6) is 5.75 Å². The van der Waals surface area contributed by atoms with Crippen molar-refractivity contribution < 1.29 is 22.3 Å². The average molecular weight is 473 g/mol. The Balaban J connectivity index is 1.56. The maximum absolute atomic E-state index is 13.8. The molecule has 1 heterocycles. The van der Waals surface area contributed by atoms with Crippen molar-refractivity contribution in [3.63, 3.8) is 0 Å². The highest BCUT2D eigenvalue weighted by Crippen LogP contribution is 2.35. The number of hydrogen-bond donors (Lipinski definition) is 1. The van der Waals surface area contributed by atoms with Gasteiger partial charge in [0.25, 0.3) is 5.91 Å². The van der Waals surface area contributed by atoms with E-state index < -0.39 is 22.0 Å². The lowest BCUT2D eigenvalue weighted by Gasteiger charge is -2.34. The first-order valence-corrected chi connectivity index (χ1v) is 12.5. The Morgan fingerprint density at radius 1 is 1.30 bits per heavy atom.